The van der Waals surface area contributed by atoms with Gasteiger partial charge in [-0.3, -0.25) is 14.6 Å². The summed E-state index contributed by atoms with van der Waals surface area (Å²) in [4.78, 5) is 77.0. The van der Waals surface area contributed by atoms with E-state index in [9.17, 15) is 19.2 Å². The van der Waals surface area contributed by atoms with Gasteiger partial charge in [-0.05, 0) is 85.8 Å². The molecular weight excluding hydrogens is 755 g/mol. The number of fused-ring (bicyclic) bond motifs is 2. The number of pyridine rings is 1. The Kier molecular flexibility index (Phi) is 11.5. The number of hydrogen-bond donors (Lipinski definition) is 4. The van der Waals surface area contributed by atoms with Gasteiger partial charge in [0.2, 0.25) is 11.8 Å². The van der Waals surface area contributed by atoms with Crippen LogP contribution in [-0.2, 0) is 23.8 Å². The van der Waals surface area contributed by atoms with Crippen molar-refractivity contribution in [3.05, 3.63) is 66.5 Å². The van der Waals surface area contributed by atoms with Gasteiger partial charge in [0.15, 0.2) is 0 Å². The molecule has 3 aliphatic rings. The molecule has 0 aliphatic carbocycles. The SMILES string of the molecule is COC(=O)N[C@H](C(=O)N1CCC[C@H]1c1nc2ccc(-c3ccc4cc(-c5cnc([C@@H]6CCCN6C(=O)[C@@H](NC(=O)OC)C6CCOCC6)[nH]5)cnc4c3)cc2[nH]1)C(C)C. The molecule has 4 atom stereocenters. The minimum Gasteiger partial charge on any atom is -0.453 e. The van der Waals surface area contributed by atoms with Gasteiger partial charge in [0.05, 0.1) is 54.7 Å². The van der Waals surface area contributed by atoms with Crippen LogP contribution < -0.4 is 10.6 Å². The molecular formula is C43H51N9O7. The van der Waals surface area contributed by atoms with Crippen molar-refractivity contribution in [3.63, 3.8) is 0 Å². The highest BCUT2D eigenvalue weighted by atomic mass is 16.5. The van der Waals surface area contributed by atoms with Crippen LogP contribution in [0.4, 0.5) is 9.59 Å². The van der Waals surface area contributed by atoms with Gasteiger partial charge in [-0.2, -0.15) is 0 Å². The molecule has 0 saturated carbocycles. The summed E-state index contributed by atoms with van der Waals surface area (Å²) < 4.78 is 15.2. The maximum atomic E-state index is 14.0. The van der Waals surface area contributed by atoms with E-state index in [0.29, 0.717) is 45.0 Å². The third-order valence-electron chi connectivity index (χ3n) is 12.0. The van der Waals surface area contributed by atoms with Crippen LogP contribution in [-0.4, -0.2) is 111 Å². The number of alkyl carbamates (subject to hydrolysis) is 2. The normalized spacial score (nSPS) is 19.6. The number of H-pyrrole nitrogens is 2. The molecule has 4 amide bonds. The van der Waals surface area contributed by atoms with Gasteiger partial charge in [0.1, 0.15) is 23.7 Å². The number of methoxy groups -OCH3 is 2. The number of benzene rings is 2. The van der Waals surface area contributed by atoms with Crippen molar-refractivity contribution in [2.24, 2.45) is 11.8 Å². The van der Waals surface area contributed by atoms with Crippen molar-refractivity contribution >= 4 is 45.9 Å². The van der Waals surface area contributed by atoms with Crippen LogP contribution in [0.2, 0.25) is 0 Å². The summed E-state index contributed by atoms with van der Waals surface area (Å²) in [6, 6.07) is 12.5. The molecule has 0 radical (unpaired) electrons. The van der Waals surface area contributed by atoms with E-state index in [0.717, 1.165) is 75.8 Å². The fourth-order valence-electron chi connectivity index (χ4n) is 8.77. The second kappa shape index (κ2) is 17.1. The topological polar surface area (TPSA) is 197 Å². The van der Waals surface area contributed by atoms with E-state index in [4.69, 9.17) is 29.2 Å². The summed E-state index contributed by atoms with van der Waals surface area (Å²) in [5.41, 5.74) is 6.18. The summed E-state index contributed by atoms with van der Waals surface area (Å²) in [7, 11) is 2.59. The van der Waals surface area contributed by atoms with E-state index in [1.807, 2.05) is 42.0 Å². The zero-order valence-corrected chi connectivity index (χ0v) is 33.8. The third-order valence-corrected chi connectivity index (χ3v) is 12.0. The molecule has 3 fully saturated rings. The van der Waals surface area contributed by atoms with E-state index in [1.54, 1.807) is 6.20 Å². The predicted octanol–water partition coefficient (Wildman–Crippen LogP) is 6.03. The highest BCUT2D eigenvalue weighted by Gasteiger charge is 2.41. The lowest BCUT2D eigenvalue weighted by molar-refractivity contribution is -0.137. The molecule has 0 bridgehead atoms. The zero-order valence-electron chi connectivity index (χ0n) is 33.8. The van der Waals surface area contributed by atoms with Crippen molar-refractivity contribution in [1.82, 2.24) is 45.4 Å². The molecule has 5 aromatic rings. The summed E-state index contributed by atoms with van der Waals surface area (Å²) in [5, 5.41) is 6.48. The first-order valence-electron chi connectivity index (χ1n) is 20.4. The minimum atomic E-state index is -0.701. The quantitative estimate of drug-likeness (QED) is 0.129. The Labute approximate surface area is 341 Å². The van der Waals surface area contributed by atoms with Crippen LogP contribution in [0.15, 0.2) is 54.9 Å². The summed E-state index contributed by atoms with van der Waals surface area (Å²) in [6.07, 6.45) is 6.93. The number of nitrogens with one attached hydrogen (secondary N) is 4. The summed E-state index contributed by atoms with van der Waals surface area (Å²) >= 11 is 0. The molecule has 0 unspecified atom stereocenters. The second-order valence-corrected chi connectivity index (χ2v) is 16.0. The fraction of sp³-hybridized carbons (Fsp3) is 0.465. The van der Waals surface area contributed by atoms with Crippen molar-refractivity contribution in [2.45, 2.75) is 76.5 Å². The zero-order chi connectivity index (χ0) is 41.2. The fourth-order valence-corrected chi connectivity index (χ4v) is 8.77. The first-order valence-corrected chi connectivity index (χ1v) is 20.4. The average Bonchev–Trinajstić information content (AvgIpc) is 4.10. The molecule has 3 saturated heterocycles. The first kappa shape index (κ1) is 39.8. The van der Waals surface area contributed by atoms with Crippen LogP contribution in [0.1, 0.15) is 76.1 Å². The Bertz CT molecular complexity index is 2350. The molecule has 8 rings (SSSR count). The number of carbonyl (C=O) groups excluding carboxylic acids is 4. The highest BCUT2D eigenvalue weighted by molar-refractivity contribution is 5.90. The van der Waals surface area contributed by atoms with Crippen LogP contribution in [0.5, 0.6) is 0 Å². The van der Waals surface area contributed by atoms with E-state index in [-0.39, 0.29) is 35.7 Å². The molecule has 4 N–H and O–H groups in total. The average molecular weight is 806 g/mol. The maximum absolute atomic E-state index is 14.0. The maximum Gasteiger partial charge on any atom is 0.407 e. The third kappa shape index (κ3) is 8.18. The van der Waals surface area contributed by atoms with Crippen LogP contribution in [0, 0.1) is 11.8 Å². The van der Waals surface area contributed by atoms with Gasteiger partial charge in [-0.1, -0.05) is 32.0 Å². The van der Waals surface area contributed by atoms with Gasteiger partial charge in [-0.15, -0.1) is 0 Å². The number of ether oxygens (including phenoxy) is 3. The molecule has 59 heavy (non-hydrogen) atoms. The smallest absolute Gasteiger partial charge is 0.407 e. The van der Waals surface area contributed by atoms with E-state index in [2.05, 4.69) is 50.9 Å². The van der Waals surface area contributed by atoms with Crippen molar-refractivity contribution < 1.29 is 33.4 Å². The Morgan fingerprint density at radius 3 is 2.15 bits per heavy atom. The highest BCUT2D eigenvalue weighted by Crippen LogP contribution is 2.36. The molecule has 3 aliphatic heterocycles. The summed E-state index contributed by atoms with van der Waals surface area (Å²) in [5.74, 6) is 0.993. The minimum absolute atomic E-state index is 0.0383. The second-order valence-electron chi connectivity index (χ2n) is 16.0. The lowest BCUT2D eigenvalue weighted by Gasteiger charge is -2.34. The number of imidazole rings is 2. The number of aromatic nitrogens is 5. The van der Waals surface area contributed by atoms with Crippen molar-refractivity contribution in [3.8, 4) is 22.4 Å². The standard InChI is InChI=1S/C43H51N9O7/c1-24(2)36(49-42(55)57-3)40(53)52-16-6-8-35(52)39-46-30-12-11-27(21-32(30)47-39)26-9-10-28-19-29(22-44-31(28)20-26)33-23-45-38(48-33)34-7-5-15-51(34)41(54)37(50-43(56)58-4)25-13-17-59-18-14-25/h9-12,19-25,34-37H,5-8,13-18H2,1-4H3,(H,45,48)(H,46,47)(H,49,55)(H,50,56)/t34-,35-,36-,37-/m0/s1. The van der Waals surface area contributed by atoms with E-state index in [1.165, 1.54) is 14.2 Å². The Morgan fingerprint density at radius 1 is 0.746 bits per heavy atom. The Balaban J connectivity index is 0.977. The lowest BCUT2D eigenvalue weighted by atomic mass is 9.90. The predicted molar refractivity (Wildman–Crippen MR) is 219 cm³/mol. The van der Waals surface area contributed by atoms with Crippen LogP contribution in [0.3, 0.4) is 0 Å². The van der Waals surface area contributed by atoms with Gasteiger partial charge in [0.25, 0.3) is 0 Å². The van der Waals surface area contributed by atoms with E-state index < -0.39 is 24.3 Å². The number of hydrogen-bond acceptors (Lipinski definition) is 10. The molecule has 16 nitrogen and oxygen atoms in total. The van der Waals surface area contributed by atoms with Crippen molar-refractivity contribution in [2.75, 3.05) is 40.5 Å². The van der Waals surface area contributed by atoms with Crippen LogP contribution in [0.25, 0.3) is 44.3 Å². The first-order chi connectivity index (χ1) is 28.6. The monoisotopic (exact) mass is 805 g/mol. The Hall–Kier alpha value is -6.03. The largest absolute Gasteiger partial charge is 0.453 e. The van der Waals surface area contributed by atoms with Crippen molar-refractivity contribution in [1.29, 1.82) is 0 Å². The number of nitrogens with zero attached hydrogens (tertiary/aromatic N) is 5. The number of carbonyl (C=O) groups is 4. The van der Waals surface area contributed by atoms with Gasteiger partial charge in [-0.25, -0.2) is 19.6 Å². The van der Waals surface area contributed by atoms with E-state index >= 15 is 0 Å². The number of aromatic amines is 2. The lowest BCUT2D eigenvalue weighted by Crippen LogP contribution is -2.53. The van der Waals surface area contributed by atoms with Gasteiger partial charge >= 0.3 is 12.2 Å². The molecule has 0 spiro atoms. The molecule has 3 aromatic heterocycles. The summed E-state index contributed by atoms with van der Waals surface area (Å²) in [6.45, 7) is 6.07. The molecule has 310 valence electrons. The van der Waals surface area contributed by atoms with Crippen LogP contribution >= 0.6 is 0 Å². The number of amides is 4. The van der Waals surface area contributed by atoms with Gasteiger partial charge in [0, 0.05) is 43.4 Å². The molecule has 6 heterocycles. The number of rotatable bonds is 10. The van der Waals surface area contributed by atoms with Gasteiger partial charge < -0.3 is 44.6 Å². The molecule has 2 aromatic carbocycles. The number of likely N-dealkylation sites (tertiary alicyclic amines) is 2. The molecule has 16 heteroatoms. The Morgan fingerprint density at radius 2 is 1.42 bits per heavy atom.